The molecule has 0 radical (unpaired) electrons. The minimum Gasteiger partial charge on any atom is -0.348 e. The Bertz CT molecular complexity index is 1160. The van der Waals surface area contributed by atoms with Crippen LogP contribution in [0.5, 0.6) is 0 Å². The molecular weight excluding hydrogens is 488 g/mol. The number of sulfonamides is 1. The number of amides is 1. The molecule has 0 aliphatic carbocycles. The highest BCUT2D eigenvalue weighted by atomic mass is 79.9. The molecule has 1 amide bonds. The third-order valence-corrected chi connectivity index (χ3v) is 7.54. The molecule has 32 heavy (non-hydrogen) atoms. The molecule has 3 aromatic carbocycles. The van der Waals surface area contributed by atoms with Gasteiger partial charge < -0.3 is 5.32 Å². The van der Waals surface area contributed by atoms with E-state index in [9.17, 15) is 13.2 Å². The lowest BCUT2D eigenvalue weighted by Gasteiger charge is -2.23. The molecule has 0 fully saturated rings. The van der Waals surface area contributed by atoms with Gasteiger partial charge in [-0.25, -0.2) is 8.42 Å². The highest BCUT2D eigenvalue weighted by molar-refractivity contribution is 9.10. The number of halogens is 1. The number of carbonyl (C=O) groups is 1. The molecular formula is C25H27BrN2O3S. The zero-order valence-corrected chi connectivity index (χ0v) is 20.8. The van der Waals surface area contributed by atoms with Gasteiger partial charge in [-0.3, -0.25) is 4.79 Å². The van der Waals surface area contributed by atoms with E-state index in [1.807, 2.05) is 69.3 Å². The van der Waals surface area contributed by atoms with Crippen molar-refractivity contribution in [1.29, 1.82) is 0 Å². The summed E-state index contributed by atoms with van der Waals surface area (Å²) in [6, 6.07) is 21.7. The minimum absolute atomic E-state index is 0.108. The van der Waals surface area contributed by atoms with Gasteiger partial charge in [-0.2, -0.15) is 4.31 Å². The van der Waals surface area contributed by atoms with Crippen molar-refractivity contribution in [3.8, 4) is 0 Å². The van der Waals surface area contributed by atoms with Gasteiger partial charge in [0.1, 0.15) is 0 Å². The van der Waals surface area contributed by atoms with Gasteiger partial charge in [-0.1, -0.05) is 75.6 Å². The van der Waals surface area contributed by atoms with Gasteiger partial charge in [0.2, 0.25) is 15.9 Å². The maximum Gasteiger partial charge on any atom is 0.243 e. The van der Waals surface area contributed by atoms with Crippen molar-refractivity contribution in [2.24, 2.45) is 0 Å². The number of hydrogen-bond donors (Lipinski definition) is 1. The van der Waals surface area contributed by atoms with Crippen LogP contribution < -0.4 is 5.32 Å². The summed E-state index contributed by atoms with van der Waals surface area (Å²) in [5.41, 5.74) is 3.81. The summed E-state index contributed by atoms with van der Waals surface area (Å²) in [6.07, 6.45) is 0. The van der Waals surface area contributed by atoms with Gasteiger partial charge in [0.05, 0.1) is 17.5 Å². The van der Waals surface area contributed by atoms with E-state index in [1.54, 1.807) is 24.3 Å². The van der Waals surface area contributed by atoms with Gasteiger partial charge >= 0.3 is 0 Å². The van der Waals surface area contributed by atoms with E-state index in [2.05, 4.69) is 21.2 Å². The Morgan fingerprint density at radius 3 is 2.00 bits per heavy atom. The van der Waals surface area contributed by atoms with Crippen molar-refractivity contribution in [3.05, 3.63) is 99.5 Å². The minimum atomic E-state index is -3.86. The standard InChI is InChI=1S/C25H27BrN2O3S/c1-18-4-8-21(9-5-18)16-28(32(30,31)24-14-6-19(2)7-15-24)17-25(29)27-20(3)22-10-12-23(26)13-11-22/h4-15,20H,16-17H2,1-3H3,(H,27,29)/t20-/m0/s1. The second-order valence-corrected chi connectivity index (χ2v) is 10.8. The smallest absolute Gasteiger partial charge is 0.243 e. The SMILES string of the molecule is Cc1ccc(CN(CC(=O)N[C@@H](C)c2ccc(Br)cc2)S(=O)(=O)c2ccc(C)cc2)cc1. The van der Waals surface area contributed by atoms with Crippen molar-refractivity contribution in [2.45, 2.75) is 38.3 Å². The summed E-state index contributed by atoms with van der Waals surface area (Å²) >= 11 is 3.40. The Hall–Kier alpha value is -2.48. The first-order valence-corrected chi connectivity index (χ1v) is 12.6. The van der Waals surface area contributed by atoms with Crippen molar-refractivity contribution >= 4 is 31.9 Å². The molecule has 0 aliphatic rings. The highest BCUT2D eigenvalue weighted by Gasteiger charge is 2.27. The normalized spacial score (nSPS) is 12.5. The summed E-state index contributed by atoms with van der Waals surface area (Å²) in [6.45, 7) is 5.58. The van der Waals surface area contributed by atoms with E-state index < -0.39 is 10.0 Å². The molecule has 0 bridgehead atoms. The fraction of sp³-hybridized carbons (Fsp3) is 0.240. The topological polar surface area (TPSA) is 66.5 Å². The number of benzene rings is 3. The third kappa shape index (κ3) is 6.28. The molecule has 1 N–H and O–H groups in total. The monoisotopic (exact) mass is 514 g/mol. The molecule has 168 valence electrons. The van der Waals surface area contributed by atoms with E-state index >= 15 is 0 Å². The molecule has 7 heteroatoms. The first kappa shape index (κ1) is 24.2. The van der Waals surface area contributed by atoms with E-state index in [0.29, 0.717) is 0 Å². The first-order valence-electron chi connectivity index (χ1n) is 10.3. The zero-order valence-electron chi connectivity index (χ0n) is 18.4. The average molecular weight is 515 g/mol. The van der Waals surface area contributed by atoms with Crippen molar-refractivity contribution < 1.29 is 13.2 Å². The van der Waals surface area contributed by atoms with Crippen LogP contribution >= 0.6 is 15.9 Å². The average Bonchev–Trinajstić information content (AvgIpc) is 2.75. The molecule has 1 atom stereocenters. The fourth-order valence-corrected chi connectivity index (χ4v) is 4.91. The Morgan fingerprint density at radius 2 is 1.44 bits per heavy atom. The molecule has 0 unspecified atom stereocenters. The molecule has 0 saturated heterocycles. The summed E-state index contributed by atoms with van der Waals surface area (Å²) < 4.78 is 28.9. The van der Waals surface area contributed by atoms with Crippen LogP contribution in [-0.2, 0) is 21.4 Å². The number of rotatable bonds is 8. The van der Waals surface area contributed by atoms with E-state index in [-0.39, 0.29) is 29.9 Å². The maximum atomic E-state index is 13.4. The van der Waals surface area contributed by atoms with Crippen molar-refractivity contribution in [1.82, 2.24) is 9.62 Å². The zero-order chi connectivity index (χ0) is 23.3. The number of nitrogens with one attached hydrogen (secondary N) is 1. The van der Waals surface area contributed by atoms with Crippen LogP contribution in [0.4, 0.5) is 0 Å². The lowest BCUT2D eigenvalue weighted by Crippen LogP contribution is -2.41. The van der Waals surface area contributed by atoms with Crippen LogP contribution in [0.3, 0.4) is 0 Å². The molecule has 0 aliphatic heterocycles. The summed E-state index contributed by atoms with van der Waals surface area (Å²) in [7, 11) is -3.86. The summed E-state index contributed by atoms with van der Waals surface area (Å²) in [4.78, 5) is 13.0. The molecule has 3 aromatic rings. The predicted molar refractivity (Wildman–Crippen MR) is 131 cm³/mol. The summed E-state index contributed by atoms with van der Waals surface area (Å²) in [5, 5.41) is 2.91. The quantitative estimate of drug-likeness (QED) is 0.452. The molecule has 0 aromatic heterocycles. The molecule has 0 spiro atoms. The van der Waals surface area contributed by atoms with Crippen LogP contribution in [0.15, 0.2) is 82.2 Å². The second kappa shape index (κ2) is 10.4. The second-order valence-electron chi connectivity index (χ2n) is 7.91. The molecule has 0 heterocycles. The molecule has 0 saturated carbocycles. The number of nitrogens with zero attached hydrogens (tertiary/aromatic N) is 1. The number of carbonyl (C=O) groups excluding carboxylic acids is 1. The van der Waals surface area contributed by atoms with Gasteiger partial charge in [-0.15, -0.1) is 0 Å². The van der Waals surface area contributed by atoms with Gasteiger partial charge in [0.15, 0.2) is 0 Å². The predicted octanol–water partition coefficient (Wildman–Crippen LogP) is 5.13. The van der Waals surface area contributed by atoms with Gasteiger partial charge in [0.25, 0.3) is 0 Å². The Kier molecular flexibility index (Phi) is 7.87. The van der Waals surface area contributed by atoms with Gasteiger partial charge in [-0.05, 0) is 56.2 Å². The number of hydrogen-bond acceptors (Lipinski definition) is 3. The van der Waals surface area contributed by atoms with Crippen molar-refractivity contribution in [3.63, 3.8) is 0 Å². The Balaban J connectivity index is 1.82. The largest absolute Gasteiger partial charge is 0.348 e. The fourth-order valence-electron chi connectivity index (χ4n) is 3.26. The van der Waals surface area contributed by atoms with E-state index in [0.717, 1.165) is 26.7 Å². The van der Waals surface area contributed by atoms with Crippen LogP contribution in [0.1, 0.15) is 35.2 Å². The lowest BCUT2D eigenvalue weighted by atomic mass is 10.1. The Labute approximate surface area is 198 Å². The third-order valence-electron chi connectivity index (χ3n) is 5.21. The van der Waals surface area contributed by atoms with Crippen LogP contribution in [0.2, 0.25) is 0 Å². The first-order chi connectivity index (χ1) is 15.1. The number of aryl methyl sites for hydroxylation is 2. The highest BCUT2D eigenvalue weighted by Crippen LogP contribution is 2.20. The van der Waals surface area contributed by atoms with Crippen molar-refractivity contribution in [2.75, 3.05) is 6.54 Å². The van der Waals surface area contributed by atoms with Crippen LogP contribution in [-0.4, -0.2) is 25.2 Å². The lowest BCUT2D eigenvalue weighted by molar-refractivity contribution is -0.122. The van der Waals surface area contributed by atoms with E-state index in [4.69, 9.17) is 0 Å². The molecule has 5 nitrogen and oxygen atoms in total. The van der Waals surface area contributed by atoms with E-state index in [1.165, 1.54) is 4.31 Å². The molecule has 3 rings (SSSR count). The Morgan fingerprint density at radius 1 is 0.906 bits per heavy atom. The maximum absolute atomic E-state index is 13.4. The van der Waals surface area contributed by atoms with Crippen LogP contribution in [0.25, 0.3) is 0 Å². The summed E-state index contributed by atoms with van der Waals surface area (Å²) in [5.74, 6) is -0.358. The van der Waals surface area contributed by atoms with Crippen LogP contribution in [0, 0.1) is 13.8 Å². The van der Waals surface area contributed by atoms with Gasteiger partial charge in [0, 0.05) is 11.0 Å².